The predicted molar refractivity (Wildman–Crippen MR) is 223 cm³/mol. The summed E-state index contributed by atoms with van der Waals surface area (Å²) in [4.78, 5) is 25.8. The highest BCUT2D eigenvalue weighted by molar-refractivity contribution is 7.90. The Balaban J connectivity index is 0.000000290. The molecule has 2 fully saturated rings. The third-order valence-electron chi connectivity index (χ3n) is 10.5. The molecule has 2 aliphatic carbocycles. The van der Waals surface area contributed by atoms with E-state index in [4.69, 9.17) is 39.6 Å². The van der Waals surface area contributed by atoms with Gasteiger partial charge in [-0.1, -0.05) is 79.2 Å². The zero-order valence-corrected chi connectivity index (χ0v) is 35.4. The first-order valence-corrected chi connectivity index (χ1v) is 23.3. The topological polar surface area (TPSA) is 171 Å². The van der Waals surface area contributed by atoms with Crippen molar-refractivity contribution in [3.05, 3.63) is 65.2 Å². The minimum absolute atomic E-state index is 0.156. The predicted octanol–water partition coefficient (Wildman–Crippen LogP) is 5.26. The highest BCUT2D eigenvalue weighted by atomic mass is 32.2. The molecule has 0 radical (unpaired) electrons. The number of thiocarbonyl (C=S) groups is 2. The Morgan fingerprint density at radius 3 is 1.35 bits per heavy atom. The molecule has 11 nitrogen and oxygen atoms in total. The van der Waals surface area contributed by atoms with Gasteiger partial charge < -0.3 is 25.8 Å². The van der Waals surface area contributed by atoms with Gasteiger partial charge in [-0.3, -0.25) is 0 Å². The summed E-state index contributed by atoms with van der Waals surface area (Å²) < 4.78 is 55.5. The van der Waals surface area contributed by atoms with Crippen molar-refractivity contribution in [2.24, 2.45) is 10.8 Å². The number of rotatable bonds is 18. The molecular weight excluding hydrogens is 767 g/mol. The number of esters is 2. The summed E-state index contributed by atoms with van der Waals surface area (Å²) in [5.74, 6) is -0.395. The average Bonchev–Trinajstić information content (AvgIpc) is 3.06. The van der Waals surface area contributed by atoms with E-state index in [0.717, 1.165) is 61.6 Å². The molecule has 300 valence electrons. The minimum atomic E-state index is -2.99. The van der Waals surface area contributed by atoms with E-state index in [0.29, 0.717) is 47.8 Å². The van der Waals surface area contributed by atoms with E-state index in [2.05, 4.69) is 10.6 Å². The molecule has 2 aromatic rings. The first kappa shape index (κ1) is 45.3. The van der Waals surface area contributed by atoms with Crippen LogP contribution in [0.25, 0.3) is 0 Å². The monoisotopic (exact) mass is 823 g/mol. The van der Waals surface area contributed by atoms with Crippen LogP contribution in [0.2, 0.25) is 0 Å². The first-order valence-electron chi connectivity index (χ1n) is 18.3. The second-order valence-corrected chi connectivity index (χ2v) is 20.3. The minimum Gasteiger partial charge on any atom is -0.467 e. The molecule has 2 atom stereocenters. The lowest BCUT2D eigenvalue weighted by atomic mass is 9.66. The number of nitrogens with one attached hydrogen (secondary N) is 2. The molecule has 0 aliphatic heterocycles. The molecule has 2 unspecified atom stereocenters. The number of anilines is 1. The van der Waals surface area contributed by atoms with Gasteiger partial charge in [0.1, 0.15) is 31.8 Å². The van der Waals surface area contributed by atoms with Gasteiger partial charge >= 0.3 is 11.9 Å². The number of methoxy groups -OCH3 is 2. The van der Waals surface area contributed by atoms with Gasteiger partial charge in [0, 0.05) is 53.4 Å². The normalized spacial score (nSPS) is 16.8. The molecule has 0 amide bonds. The molecular formula is C39H57N3O8S4. The maximum absolute atomic E-state index is 12.3. The van der Waals surface area contributed by atoms with Crippen LogP contribution in [0.15, 0.2) is 48.5 Å². The average molecular weight is 824 g/mol. The SMILES string of the molecule is COC(=O)C(Cc1ccc(C)cc1)NC(=S)C1(CCCS(C)(=O)=O)CCC1.COC(=O)C(Cc1ccc(N)cc1)NC(=S)C1(CCCS(C)(=O)=O)CCC1. The van der Waals surface area contributed by atoms with E-state index in [1.807, 2.05) is 43.3 Å². The van der Waals surface area contributed by atoms with Crippen LogP contribution in [0.4, 0.5) is 5.69 Å². The second-order valence-electron chi connectivity index (χ2n) is 15.0. The Labute approximate surface area is 332 Å². The molecule has 2 aliphatic rings. The van der Waals surface area contributed by atoms with Crippen LogP contribution in [0.3, 0.4) is 0 Å². The Morgan fingerprint density at radius 1 is 0.704 bits per heavy atom. The van der Waals surface area contributed by atoms with Crippen molar-refractivity contribution in [3.63, 3.8) is 0 Å². The molecule has 0 saturated heterocycles. The van der Waals surface area contributed by atoms with Crippen LogP contribution < -0.4 is 16.4 Å². The lowest BCUT2D eigenvalue weighted by Crippen LogP contribution is -2.51. The molecule has 0 bridgehead atoms. The van der Waals surface area contributed by atoms with Gasteiger partial charge in [-0.15, -0.1) is 0 Å². The van der Waals surface area contributed by atoms with Gasteiger partial charge in [0.2, 0.25) is 0 Å². The third kappa shape index (κ3) is 14.2. The highest BCUT2D eigenvalue weighted by Gasteiger charge is 2.43. The summed E-state index contributed by atoms with van der Waals surface area (Å²) in [6, 6.07) is 14.2. The molecule has 4 rings (SSSR count). The zero-order chi connectivity index (χ0) is 40.2. The van der Waals surface area contributed by atoms with Crippen LogP contribution in [-0.2, 0) is 51.6 Å². The maximum Gasteiger partial charge on any atom is 0.328 e. The van der Waals surface area contributed by atoms with Crippen molar-refractivity contribution in [2.75, 3.05) is 44.0 Å². The summed E-state index contributed by atoms with van der Waals surface area (Å²) in [6.07, 6.45) is 11.8. The van der Waals surface area contributed by atoms with E-state index >= 15 is 0 Å². The molecule has 0 aromatic heterocycles. The first-order chi connectivity index (χ1) is 25.3. The van der Waals surface area contributed by atoms with E-state index in [-0.39, 0.29) is 34.3 Å². The van der Waals surface area contributed by atoms with Crippen LogP contribution in [-0.4, -0.2) is 89.1 Å². The summed E-state index contributed by atoms with van der Waals surface area (Å²) in [5.41, 5.74) is 9.12. The third-order valence-corrected chi connectivity index (χ3v) is 13.6. The quantitative estimate of drug-likeness (QED) is 0.101. The number of hydrogen-bond acceptors (Lipinski definition) is 11. The lowest BCUT2D eigenvalue weighted by Gasteiger charge is -2.43. The molecule has 0 heterocycles. The number of benzene rings is 2. The van der Waals surface area contributed by atoms with E-state index < -0.39 is 31.8 Å². The van der Waals surface area contributed by atoms with Crippen molar-refractivity contribution in [1.29, 1.82) is 0 Å². The summed E-state index contributed by atoms with van der Waals surface area (Å²) in [5, 5.41) is 6.43. The largest absolute Gasteiger partial charge is 0.467 e. The van der Waals surface area contributed by atoms with Gasteiger partial charge in [-0.25, -0.2) is 26.4 Å². The van der Waals surface area contributed by atoms with Crippen LogP contribution >= 0.6 is 24.4 Å². The number of nitrogen functional groups attached to an aromatic ring is 1. The molecule has 4 N–H and O–H groups in total. The van der Waals surface area contributed by atoms with Gasteiger partial charge in [0.15, 0.2) is 0 Å². The van der Waals surface area contributed by atoms with Gasteiger partial charge in [0.05, 0.1) is 24.2 Å². The van der Waals surface area contributed by atoms with Crippen LogP contribution in [0, 0.1) is 17.8 Å². The fourth-order valence-electron chi connectivity index (χ4n) is 6.88. The van der Waals surface area contributed by atoms with Crippen molar-refractivity contribution >= 4 is 71.7 Å². The van der Waals surface area contributed by atoms with Gasteiger partial charge in [-0.05, 0) is 81.5 Å². The van der Waals surface area contributed by atoms with Crippen molar-refractivity contribution < 1.29 is 35.9 Å². The van der Waals surface area contributed by atoms with Gasteiger partial charge in [0.25, 0.3) is 0 Å². The number of aryl methyl sites for hydroxylation is 1. The Kier molecular flexibility index (Phi) is 16.9. The maximum atomic E-state index is 12.3. The van der Waals surface area contributed by atoms with Crippen LogP contribution in [0.5, 0.6) is 0 Å². The number of carbonyl (C=O) groups is 2. The highest BCUT2D eigenvalue weighted by Crippen LogP contribution is 2.47. The zero-order valence-electron chi connectivity index (χ0n) is 32.1. The number of nitrogens with two attached hydrogens (primary N) is 1. The molecule has 54 heavy (non-hydrogen) atoms. The van der Waals surface area contributed by atoms with E-state index in [9.17, 15) is 26.4 Å². The lowest BCUT2D eigenvalue weighted by molar-refractivity contribution is -0.143. The number of sulfone groups is 2. The van der Waals surface area contributed by atoms with Crippen LogP contribution in [0.1, 0.15) is 80.9 Å². The summed E-state index contributed by atoms with van der Waals surface area (Å²) >= 11 is 11.3. The second kappa shape index (κ2) is 20.1. The summed E-state index contributed by atoms with van der Waals surface area (Å²) in [7, 11) is -3.24. The number of carbonyl (C=O) groups excluding carboxylic acids is 2. The molecule has 0 spiro atoms. The smallest absolute Gasteiger partial charge is 0.328 e. The van der Waals surface area contributed by atoms with Crippen molar-refractivity contribution in [1.82, 2.24) is 10.6 Å². The Hall–Kier alpha value is -3.14. The van der Waals surface area contributed by atoms with Crippen molar-refractivity contribution in [2.45, 2.75) is 96.1 Å². The fourth-order valence-corrected chi connectivity index (χ4v) is 9.11. The number of ether oxygens (including phenoxy) is 2. The Bertz CT molecular complexity index is 1670. The molecule has 2 aromatic carbocycles. The van der Waals surface area contributed by atoms with Crippen molar-refractivity contribution in [3.8, 4) is 0 Å². The fraction of sp³-hybridized carbons (Fsp3) is 0.590. The molecule has 2 saturated carbocycles. The Morgan fingerprint density at radius 2 is 1.06 bits per heavy atom. The number of hydrogen-bond donors (Lipinski definition) is 3. The molecule has 15 heteroatoms. The van der Waals surface area contributed by atoms with E-state index in [1.54, 1.807) is 12.1 Å². The van der Waals surface area contributed by atoms with E-state index in [1.165, 1.54) is 26.7 Å². The standard InChI is InChI=1S/C20H29NO4S2.C19H28N2O4S2/c1-15-6-8-16(9-7-15)14-17(18(22)25-2)21-19(26)20(10-4-11-20)12-5-13-27(3,23)24;1-25-17(22)16(13-14-5-7-15(20)8-6-14)21-18(26)19(9-3-10-19)11-4-12-27(2,23)24/h6-9,17H,4-5,10-14H2,1-3H3,(H,21,26);5-8,16H,3-4,9-13,20H2,1-2H3,(H,21,26). The summed E-state index contributed by atoms with van der Waals surface area (Å²) in [6.45, 7) is 2.02. The van der Waals surface area contributed by atoms with Gasteiger partial charge in [-0.2, -0.15) is 0 Å².